The first kappa shape index (κ1) is 23.0. The SMILES string of the molecule is CC(NC(=O)c1ccccc1)c1nnc(SCC(=O)Nc2sc3c(c2C#N)CCCC3)n1C. The number of nitrogens with one attached hydrogen (secondary N) is 2. The van der Waals surface area contributed by atoms with E-state index in [0.717, 1.165) is 31.2 Å². The number of benzene rings is 1. The maximum absolute atomic E-state index is 12.6. The molecule has 0 spiro atoms. The Balaban J connectivity index is 1.36. The van der Waals surface area contributed by atoms with Gasteiger partial charge in [0, 0.05) is 17.5 Å². The molecule has 2 heterocycles. The molecule has 0 aliphatic heterocycles. The molecule has 1 unspecified atom stereocenters. The summed E-state index contributed by atoms with van der Waals surface area (Å²) in [5.41, 5.74) is 2.28. The summed E-state index contributed by atoms with van der Waals surface area (Å²) in [6.45, 7) is 1.84. The maximum atomic E-state index is 12.6. The molecule has 1 aliphatic carbocycles. The molecule has 3 aromatic rings. The predicted octanol–water partition coefficient (Wildman–Crippen LogP) is 3.85. The fourth-order valence-electron chi connectivity index (χ4n) is 3.83. The zero-order chi connectivity index (χ0) is 23.4. The molecular weight excluding hydrogens is 456 g/mol. The van der Waals surface area contributed by atoms with E-state index in [1.165, 1.54) is 28.0 Å². The van der Waals surface area contributed by atoms with E-state index in [9.17, 15) is 14.9 Å². The normalized spacial score (nSPS) is 13.6. The van der Waals surface area contributed by atoms with Crippen LogP contribution in [-0.2, 0) is 24.7 Å². The summed E-state index contributed by atoms with van der Waals surface area (Å²) in [6, 6.07) is 10.9. The minimum absolute atomic E-state index is 0.143. The largest absolute Gasteiger partial charge is 0.342 e. The van der Waals surface area contributed by atoms with E-state index in [2.05, 4.69) is 26.9 Å². The number of thiophene rings is 1. The third-order valence-electron chi connectivity index (χ3n) is 5.51. The molecule has 0 bridgehead atoms. The van der Waals surface area contributed by atoms with Gasteiger partial charge in [-0.3, -0.25) is 9.59 Å². The van der Waals surface area contributed by atoms with E-state index < -0.39 is 0 Å². The lowest BCUT2D eigenvalue weighted by molar-refractivity contribution is -0.113. The topological polar surface area (TPSA) is 113 Å². The Morgan fingerprint density at radius 3 is 2.76 bits per heavy atom. The van der Waals surface area contributed by atoms with Crippen LogP contribution in [0.2, 0.25) is 0 Å². The van der Waals surface area contributed by atoms with Crippen LogP contribution in [-0.4, -0.2) is 32.3 Å². The lowest BCUT2D eigenvalue weighted by Gasteiger charge is -2.13. The molecule has 0 saturated carbocycles. The smallest absolute Gasteiger partial charge is 0.251 e. The Labute approximate surface area is 200 Å². The summed E-state index contributed by atoms with van der Waals surface area (Å²) in [7, 11) is 1.81. The second-order valence-electron chi connectivity index (χ2n) is 7.82. The number of anilines is 1. The van der Waals surface area contributed by atoms with E-state index in [0.29, 0.717) is 27.1 Å². The number of rotatable bonds is 7. The van der Waals surface area contributed by atoms with Crippen LogP contribution in [0.4, 0.5) is 5.00 Å². The molecule has 1 atom stereocenters. The van der Waals surface area contributed by atoms with Crippen molar-refractivity contribution in [3.63, 3.8) is 0 Å². The zero-order valence-corrected chi connectivity index (χ0v) is 20.1. The number of carbonyl (C=O) groups excluding carboxylic acids is 2. The number of aryl methyl sites for hydroxylation is 1. The third-order valence-corrected chi connectivity index (χ3v) is 7.74. The van der Waals surface area contributed by atoms with Gasteiger partial charge in [-0.15, -0.1) is 21.5 Å². The molecule has 4 rings (SSSR count). The molecule has 0 radical (unpaired) electrons. The quantitative estimate of drug-likeness (QED) is 0.497. The minimum atomic E-state index is -0.353. The molecular formula is C23H24N6O2S2. The average molecular weight is 481 g/mol. The lowest BCUT2D eigenvalue weighted by atomic mass is 9.96. The molecule has 2 N–H and O–H groups in total. The van der Waals surface area contributed by atoms with Gasteiger partial charge in [-0.25, -0.2) is 0 Å². The number of thioether (sulfide) groups is 1. The molecule has 1 aliphatic rings. The first-order valence-corrected chi connectivity index (χ1v) is 12.5. The van der Waals surface area contributed by atoms with Gasteiger partial charge in [-0.2, -0.15) is 5.26 Å². The monoisotopic (exact) mass is 480 g/mol. The number of aromatic nitrogens is 3. The molecule has 2 amide bonds. The van der Waals surface area contributed by atoms with E-state index in [1.54, 1.807) is 16.7 Å². The summed E-state index contributed by atoms with van der Waals surface area (Å²) in [5, 5.41) is 25.0. The Morgan fingerprint density at radius 1 is 1.24 bits per heavy atom. The standard InChI is InChI=1S/C23H24N6O2S2/c1-14(25-21(31)15-8-4-3-5-9-15)20-27-28-23(29(20)2)32-13-19(30)26-22-17(12-24)16-10-6-7-11-18(16)33-22/h3-5,8-9,14H,6-7,10-11,13H2,1-2H3,(H,25,31)(H,26,30). The number of nitriles is 1. The highest BCUT2D eigenvalue weighted by atomic mass is 32.2. The van der Waals surface area contributed by atoms with Gasteiger partial charge >= 0.3 is 0 Å². The van der Waals surface area contributed by atoms with Crippen molar-refractivity contribution in [2.75, 3.05) is 11.1 Å². The summed E-state index contributed by atoms with van der Waals surface area (Å²) in [6.07, 6.45) is 4.08. The Kier molecular flexibility index (Phi) is 7.11. The van der Waals surface area contributed by atoms with Crippen LogP contribution < -0.4 is 10.6 Å². The van der Waals surface area contributed by atoms with Gasteiger partial charge in [0.05, 0.1) is 17.4 Å². The fraction of sp³-hybridized carbons (Fsp3) is 0.348. The molecule has 0 saturated heterocycles. The number of hydrogen-bond acceptors (Lipinski definition) is 7. The number of nitrogens with zero attached hydrogens (tertiary/aromatic N) is 4. The molecule has 1 aromatic carbocycles. The third kappa shape index (κ3) is 5.10. The van der Waals surface area contributed by atoms with Crippen molar-refractivity contribution < 1.29 is 9.59 Å². The first-order valence-electron chi connectivity index (χ1n) is 10.7. The van der Waals surface area contributed by atoms with Crippen LogP contribution in [0.5, 0.6) is 0 Å². The molecule has 0 fully saturated rings. The first-order chi connectivity index (χ1) is 16.0. The number of amides is 2. The van der Waals surface area contributed by atoms with Gasteiger partial charge in [-0.1, -0.05) is 30.0 Å². The van der Waals surface area contributed by atoms with Gasteiger partial charge in [0.2, 0.25) is 5.91 Å². The molecule has 10 heteroatoms. The number of hydrogen-bond donors (Lipinski definition) is 2. The number of carbonyl (C=O) groups is 2. The van der Waals surface area contributed by atoms with Crippen molar-refractivity contribution in [3.8, 4) is 6.07 Å². The van der Waals surface area contributed by atoms with E-state index in [4.69, 9.17) is 0 Å². The molecule has 2 aromatic heterocycles. The van der Waals surface area contributed by atoms with Crippen LogP contribution in [0.25, 0.3) is 0 Å². The highest BCUT2D eigenvalue weighted by Crippen LogP contribution is 2.37. The van der Waals surface area contributed by atoms with Crippen LogP contribution in [0.1, 0.15) is 58.0 Å². The molecule has 8 nitrogen and oxygen atoms in total. The van der Waals surface area contributed by atoms with Crippen molar-refractivity contribution in [2.24, 2.45) is 7.05 Å². The van der Waals surface area contributed by atoms with Crippen molar-refractivity contribution in [2.45, 2.75) is 43.8 Å². The van der Waals surface area contributed by atoms with Crippen LogP contribution in [0, 0.1) is 11.3 Å². The summed E-state index contributed by atoms with van der Waals surface area (Å²) in [5.74, 6) is 0.362. The van der Waals surface area contributed by atoms with Crippen molar-refractivity contribution in [3.05, 3.63) is 57.7 Å². The zero-order valence-electron chi connectivity index (χ0n) is 18.4. The minimum Gasteiger partial charge on any atom is -0.342 e. The van der Waals surface area contributed by atoms with Gasteiger partial charge in [0.15, 0.2) is 11.0 Å². The maximum Gasteiger partial charge on any atom is 0.251 e. The van der Waals surface area contributed by atoms with Gasteiger partial charge in [0.1, 0.15) is 11.1 Å². The Morgan fingerprint density at radius 2 is 2.00 bits per heavy atom. The van der Waals surface area contributed by atoms with E-state index in [-0.39, 0.29) is 23.6 Å². The van der Waals surface area contributed by atoms with E-state index >= 15 is 0 Å². The second kappa shape index (κ2) is 10.2. The summed E-state index contributed by atoms with van der Waals surface area (Å²) in [4.78, 5) is 26.2. The van der Waals surface area contributed by atoms with E-state index in [1.807, 2.05) is 32.2 Å². The Hall–Kier alpha value is -3.16. The summed E-state index contributed by atoms with van der Waals surface area (Å²) < 4.78 is 1.78. The van der Waals surface area contributed by atoms with Gasteiger partial charge in [0.25, 0.3) is 5.91 Å². The van der Waals surface area contributed by atoms with Crippen LogP contribution >= 0.6 is 23.1 Å². The fourth-order valence-corrected chi connectivity index (χ4v) is 5.80. The lowest BCUT2D eigenvalue weighted by Crippen LogP contribution is -2.28. The molecule has 33 heavy (non-hydrogen) atoms. The second-order valence-corrected chi connectivity index (χ2v) is 9.87. The van der Waals surface area contributed by atoms with Crippen molar-refractivity contribution in [1.29, 1.82) is 5.26 Å². The molecule has 170 valence electrons. The Bertz CT molecular complexity index is 1210. The highest BCUT2D eigenvalue weighted by molar-refractivity contribution is 7.99. The van der Waals surface area contributed by atoms with Gasteiger partial charge in [-0.05, 0) is 50.3 Å². The van der Waals surface area contributed by atoms with Crippen LogP contribution in [0.15, 0.2) is 35.5 Å². The average Bonchev–Trinajstić information content (AvgIpc) is 3.37. The summed E-state index contributed by atoms with van der Waals surface area (Å²) >= 11 is 2.78. The van der Waals surface area contributed by atoms with Gasteiger partial charge < -0.3 is 15.2 Å². The predicted molar refractivity (Wildman–Crippen MR) is 128 cm³/mol. The van der Waals surface area contributed by atoms with Crippen molar-refractivity contribution >= 4 is 39.9 Å². The van der Waals surface area contributed by atoms with Crippen LogP contribution in [0.3, 0.4) is 0 Å². The highest BCUT2D eigenvalue weighted by Gasteiger charge is 2.23. The van der Waals surface area contributed by atoms with Crippen molar-refractivity contribution in [1.82, 2.24) is 20.1 Å². The number of fused-ring (bicyclic) bond motifs is 1.